The number of benzene rings is 2. The molecule has 1 fully saturated rings. The molecule has 3 atom stereocenters. The molecule has 2 amide bonds. The quantitative estimate of drug-likeness (QED) is 0.450. The number of ether oxygens (including phenoxy) is 1. The fraction of sp³-hybridized carbons (Fsp3) is 0.444. The number of carboxylic acids is 1. The molecular weight excluding hydrogens is 464 g/mol. The van der Waals surface area contributed by atoms with E-state index in [1.54, 1.807) is 11.8 Å². The topological polar surface area (TPSA) is 105 Å². The first-order chi connectivity index (χ1) is 17.0. The Morgan fingerprint density at radius 2 is 1.71 bits per heavy atom. The molecule has 0 aromatic heterocycles. The van der Waals surface area contributed by atoms with Crippen LogP contribution in [0.2, 0.25) is 0 Å². The summed E-state index contributed by atoms with van der Waals surface area (Å²) in [5, 5.41) is 14.9. The lowest BCUT2D eigenvalue weighted by Crippen LogP contribution is -2.44. The number of rotatable bonds is 10. The van der Waals surface area contributed by atoms with E-state index in [0.717, 1.165) is 30.4 Å². The van der Waals surface area contributed by atoms with Crippen molar-refractivity contribution in [1.29, 1.82) is 0 Å². The number of fused-ring (bicyclic) bond motifs is 3. The lowest BCUT2D eigenvalue weighted by atomic mass is 9.98. The van der Waals surface area contributed by atoms with Gasteiger partial charge in [-0.1, -0.05) is 55.0 Å². The second-order valence-electron chi connectivity index (χ2n) is 9.21. The summed E-state index contributed by atoms with van der Waals surface area (Å²) in [6.45, 7) is 0.244. The van der Waals surface area contributed by atoms with Crippen molar-refractivity contribution in [1.82, 2.24) is 10.6 Å². The fourth-order valence-electron chi connectivity index (χ4n) is 5.25. The van der Waals surface area contributed by atoms with Gasteiger partial charge >= 0.3 is 12.1 Å². The van der Waals surface area contributed by atoms with Gasteiger partial charge in [0.05, 0.1) is 0 Å². The maximum absolute atomic E-state index is 12.7. The van der Waals surface area contributed by atoms with Crippen molar-refractivity contribution in [2.24, 2.45) is 5.92 Å². The van der Waals surface area contributed by atoms with E-state index in [-0.39, 0.29) is 36.8 Å². The van der Waals surface area contributed by atoms with E-state index in [1.165, 1.54) is 11.1 Å². The Morgan fingerprint density at radius 1 is 1.06 bits per heavy atom. The molecule has 186 valence electrons. The number of amides is 2. The van der Waals surface area contributed by atoms with Gasteiger partial charge in [0.25, 0.3) is 0 Å². The zero-order valence-electron chi connectivity index (χ0n) is 19.9. The Labute approximate surface area is 210 Å². The van der Waals surface area contributed by atoms with Gasteiger partial charge < -0.3 is 20.5 Å². The lowest BCUT2D eigenvalue weighted by Gasteiger charge is -2.22. The number of hydrogen-bond donors (Lipinski definition) is 3. The molecule has 3 N–H and O–H groups in total. The average molecular weight is 497 g/mol. The zero-order chi connectivity index (χ0) is 24.8. The van der Waals surface area contributed by atoms with Crippen LogP contribution in [-0.2, 0) is 14.3 Å². The lowest BCUT2D eigenvalue weighted by molar-refractivity contribution is -0.142. The smallest absolute Gasteiger partial charge is 0.407 e. The molecule has 8 heteroatoms. The van der Waals surface area contributed by atoms with Gasteiger partial charge in [-0.2, -0.15) is 11.8 Å². The van der Waals surface area contributed by atoms with Gasteiger partial charge in [0, 0.05) is 18.4 Å². The van der Waals surface area contributed by atoms with Crippen molar-refractivity contribution in [2.45, 2.75) is 50.1 Å². The summed E-state index contributed by atoms with van der Waals surface area (Å²) in [4.78, 5) is 36.6. The van der Waals surface area contributed by atoms with Gasteiger partial charge in [-0.25, -0.2) is 9.59 Å². The van der Waals surface area contributed by atoms with Crippen LogP contribution < -0.4 is 10.6 Å². The summed E-state index contributed by atoms with van der Waals surface area (Å²) < 4.78 is 5.66. The standard InChI is InChI=1S/C27H32N2O5S/c1-35-14-13-24(26(31)32)28-25(30)15-17-7-6-12-23(17)29-27(33)34-16-22-20-10-4-2-8-18(20)19-9-3-5-11-21(19)22/h2-5,8-11,17,22-24H,6-7,12-16H2,1H3,(H,28,30)(H,29,33)(H,31,32)/t17-,23+,24+/m0/s1. The Bertz CT molecular complexity index is 1030. The van der Waals surface area contributed by atoms with E-state index < -0.39 is 18.1 Å². The van der Waals surface area contributed by atoms with Crippen LogP contribution in [0.25, 0.3) is 11.1 Å². The van der Waals surface area contributed by atoms with Crippen LogP contribution in [0.5, 0.6) is 0 Å². The van der Waals surface area contributed by atoms with E-state index in [9.17, 15) is 19.5 Å². The molecular formula is C27H32N2O5S. The molecule has 2 aromatic rings. The van der Waals surface area contributed by atoms with Crippen LogP contribution in [0.4, 0.5) is 4.79 Å². The molecule has 2 aliphatic carbocycles. The number of alkyl carbamates (subject to hydrolysis) is 1. The van der Waals surface area contributed by atoms with Crippen molar-refractivity contribution in [3.8, 4) is 11.1 Å². The number of carboxylic acid groups (broad SMARTS) is 1. The van der Waals surface area contributed by atoms with E-state index in [2.05, 4.69) is 34.9 Å². The molecule has 0 spiro atoms. The fourth-order valence-corrected chi connectivity index (χ4v) is 5.72. The molecule has 0 unspecified atom stereocenters. The Balaban J connectivity index is 1.30. The Hall–Kier alpha value is -3.00. The third-order valence-corrected chi connectivity index (χ3v) is 7.64. The van der Waals surface area contributed by atoms with Crippen molar-refractivity contribution >= 4 is 29.7 Å². The number of nitrogens with one attached hydrogen (secondary N) is 2. The molecule has 0 saturated heterocycles. The van der Waals surface area contributed by atoms with Gasteiger partial charge in [-0.15, -0.1) is 0 Å². The highest BCUT2D eigenvalue weighted by Gasteiger charge is 2.33. The number of hydrogen-bond acceptors (Lipinski definition) is 5. The molecule has 0 bridgehead atoms. The molecule has 7 nitrogen and oxygen atoms in total. The first kappa shape index (κ1) is 25.1. The van der Waals surface area contributed by atoms with E-state index in [1.807, 2.05) is 30.5 Å². The molecule has 2 aromatic carbocycles. The minimum atomic E-state index is -1.02. The Morgan fingerprint density at radius 3 is 2.34 bits per heavy atom. The molecule has 0 heterocycles. The maximum atomic E-state index is 12.7. The average Bonchev–Trinajstić information content (AvgIpc) is 3.42. The Kier molecular flexibility index (Phi) is 8.33. The van der Waals surface area contributed by atoms with Crippen molar-refractivity contribution < 1.29 is 24.2 Å². The second kappa shape index (κ2) is 11.6. The molecule has 35 heavy (non-hydrogen) atoms. The predicted molar refractivity (Wildman–Crippen MR) is 137 cm³/mol. The van der Waals surface area contributed by atoms with Crippen LogP contribution in [0.3, 0.4) is 0 Å². The number of aliphatic carboxylic acids is 1. The predicted octanol–water partition coefficient (Wildman–Crippen LogP) is 4.41. The molecule has 0 radical (unpaired) electrons. The normalized spacial score (nSPS) is 19.5. The summed E-state index contributed by atoms with van der Waals surface area (Å²) in [5.41, 5.74) is 4.67. The summed E-state index contributed by atoms with van der Waals surface area (Å²) in [6, 6.07) is 15.3. The van der Waals surface area contributed by atoms with E-state index in [0.29, 0.717) is 12.2 Å². The number of carbonyl (C=O) groups is 3. The summed E-state index contributed by atoms with van der Waals surface area (Å²) in [5.74, 6) is -0.693. The third kappa shape index (κ3) is 5.99. The SMILES string of the molecule is CSCC[C@@H](NC(=O)C[C@@H]1CCC[C@H]1NC(=O)OCC1c2ccccc2-c2ccccc21)C(=O)O. The van der Waals surface area contributed by atoms with Crippen molar-refractivity contribution in [3.63, 3.8) is 0 Å². The maximum Gasteiger partial charge on any atom is 0.407 e. The van der Waals surface area contributed by atoms with E-state index in [4.69, 9.17) is 4.74 Å². The molecule has 2 aliphatic rings. The van der Waals surface area contributed by atoms with Gasteiger partial charge in [0.1, 0.15) is 12.6 Å². The highest BCUT2D eigenvalue weighted by molar-refractivity contribution is 7.98. The van der Waals surface area contributed by atoms with E-state index >= 15 is 0 Å². The third-order valence-electron chi connectivity index (χ3n) is 7.00. The summed E-state index contributed by atoms with van der Waals surface area (Å²) in [7, 11) is 0. The second-order valence-corrected chi connectivity index (χ2v) is 10.2. The van der Waals surface area contributed by atoms with Crippen LogP contribution in [-0.4, -0.2) is 53.8 Å². The van der Waals surface area contributed by atoms with Gasteiger partial charge in [0.2, 0.25) is 5.91 Å². The number of carbonyl (C=O) groups excluding carboxylic acids is 2. The number of thioether (sulfide) groups is 1. The van der Waals surface area contributed by atoms with Crippen LogP contribution in [0.1, 0.15) is 49.1 Å². The van der Waals surface area contributed by atoms with Crippen LogP contribution >= 0.6 is 11.8 Å². The largest absolute Gasteiger partial charge is 0.480 e. The van der Waals surface area contributed by atoms with Gasteiger partial charge in [0.15, 0.2) is 0 Å². The monoisotopic (exact) mass is 496 g/mol. The minimum absolute atomic E-state index is 0.00691. The first-order valence-electron chi connectivity index (χ1n) is 12.1. The van der Waals surface area contributed by atoms with Gasteiger partial charge in [-0.3, -0.25) is 4.79 Å². The van der Waals surface area contributed by atoms with Crippen LogP contribution in [0.15, 0.2) is 48.5 Å². The zero-order valence-corrected chi connectivity index (χ0v) is 20.7. The summed E-state index contributed by atoms with van der Waals surface area (Å²) >= 11 is 1.54. The van der Waals surface area contributed by atoms with Gasteiger partial charge in [-0.05, 0) is 59.4 Å². The highest BCUT2D eigenvalue weighted by Crippen LogP contribution is 2.44. The van der Waals surface area contributed by atoms with Crippen molar-refractivity contribution in [2.75, 3.05) is 18.6 Å². The molecule has 1 saturated carbocycles. The first-order valence-corrected chi connectivity index (χ1v) is 13.5. The minimum Gasteiger partial charge on any atom is -0.480 e. The molecule has 0 aliphatic heterocycles. The summed E-state index contributed by atoms with van der Waals surface area (Å²) in [6.07, 6.45) is 4.49. The van der Waals surface area contributed by atoms with Crippen molar-refractivity contribution in [3.05, 3.63) is 59.7 Å². The molecule has 4 rings (SSSR count). The van der Waals surface area contributed by atoms with Crippen LogP contribution in [0, 0.1) is 5.92 Å². The highest BCUT2D eigenvalue weighted by atomic mass is 32.2.